The number of pyridine rings is 2. The molecule has 0 fully saturated rings. The van der Waals surface area contributed by atoms with Crippen molar-refractivity contribution in [2.45, 2.75) is 13.3 Å². The van der Waals surface area contributed by atoms with E-state index in [0.29, 0.717) is 12.2 Å². The molecule has 0 aliphatic carbocycles. The molecular weight excluding hydrogens is 264 g/mol. The highest BCUT2D eigenvalue weighted by Crippen LogP contribution is 2.11. The summed E-state index contributed by atoms with van der Waals surface area (Å²) < 4.78 is 1.82. The van der Waals surface area contributed by atoms with Crippen molar-refractivity contribution in [2.24, 2.45) is 0 Å². The molecule has 5 heteroatoms. The standard InChI is InChI=1S/C16H16N4O/c1-12-15(20-11-3-2-4-14(20)19-12)16(21)18-10-7-13-5-8-17-9-6-13/h2-6,8-9,11H,7,10H2,1H3,(H,18,21). The van der Waals surface area contributed by atoms with Gasteiger partial charge in [-0.05, 0) is 43.2 Å². The Balaban J connectivity index is 1.71. The van der Waals surface area contributed by atoms with Gasteiger partial charge < -0.3 is 5.32 Å². The van der Waals surface area contributed by atoms with Crippen LogP contribution in [0.1, 0.15) is 21.7 Å². The van der Waals surface area contributed by atoms with Crippen LogP contribution < -0.4 is 5.32 Å². The van der Waals surface area contributed by atoms with Crippen molar-refractivity contribution < 1.29 is 4.79 Å². The van der Waals surface area contributed by atoms with Crippen LogP contribution in [0.4, 0.5) is 0 Å². The molecule has 0 aliphatic heterocycles. The van der Waals surface area contributed by atoms with Gasteiger partial charge in [0.05, 0.1) is 5.69 Å². The number of nitrogens with one attached hydrogen (secondary N) is 1. The number of rotatable bonds is 4. The van der Waals surface area contributed by atoms with Gasteiger partial charge in [-0.25, -0.2) is 4.98 Å². The van der Waals surface area contributed by atoms with Crippen molar-refractivity contribution >= 4 is 11.6 Å². The van der Waals surface area contributed by atoms with E-state index in [9.17, 15) is 4.79 Å². The highest BCUT2D eigenvalue weighted by atomic mass is 16.1. The van der Waals surface area contributed by atoms with E-state index in [0.717, 1.165) is 23.3 Å². The molecule has 0 atom stereocenters. The zero-order chi connectivity index (χ0) is 14.7. The normalized spacial score (nSPS) is 10.7. The van der Waals surface area contributed by atoms with Gasteiger partial charge in [-0.15, -0.1) is 0 Å². The summed E-state index contributed by atoms with van der Waals surface area (Å²) in [6.45, 7) is 2.44. The maximum absolute atomic E-state index is 12.3. The van der Waals surface area contributed by atoms with Gasteiger partial charge in [0.25, 0.3) is 5.91 Å². The number of imidazole rings is 1. The lowest BCUT2D eigenvalue weighted by Gasteiger charge is -2.06. The summed E-state index contributed by atoms with van der Waals surface area (Å²) >= 11 is 0. The Hall–Kier alpha value is -2.69. The van der Waals surface area contributed by atoms with E-state index >= 15 is 0 Å². The Kier molecular flexibility index (Phi) is 3.64. The number of hydrogen-bond acceptors (Lipinski definition) is 3. The lowest BCUT2D eigenvalue weighted by molar-refractivity contribution is 0.0947. The molecule has 3 rings (SSSR count). The van der Waals surface area contributed by atoms with Crippen molar-refractivity contribution in [1.29, 1.82) is 0 Å². The molecule has 0 spiro atoms. The van der Waals surface area contributed by atoms with Crippen LogP contribution in [0.3, 0.4) is 0 Å². The first-order valence-corrected chi connectivity index (χ1v) is 6.86. The molecular formula is C16H16N4O. The van der Waals surface area contributed by atoms with E-state index in [2.05, 4.69) is 15.3 Å². The van der Waals surface area contributed by atoms with Crippen LogP contribution in [-0.4, -0.2) is 26.8 Å². The average molecular weight is 280 g/mol. The summed E-state index contributed by atoms with van der Waals surface area (Å²) in [7, 11) is 0. The maximum Gasteiger partial charge on any atom is 0.270 e. The number of nitrogens with zero attached hydrogens (tertiary/aromatic N) is 3. The molecule has 0 aromatic carbocycles. The zero-order valence-electron chi connectivity index (χ0n) is 11.8. The Morgan fingerprint density at radius 3 is 2.86 bits per heavy atom. The molecule has 1 N–H and O–H groups in total. The Morgan fingerprint density at radius 2 is 2.05 bits per heavy atom. The molecule has 106 valence electrons. The molecule has 3 aromatic rings. The lowest BCUT2D eigenvalue weighted by atomic mass is 10.2. The molecule has 1 amide bonds. The third-order valence-corrected chi connectivity index (χ3v) is 3.37. The second-order valence-corrected chi connectivity index (χ2v) is 4.84. The van der Waals surface area contributed by atoms with E-state index in [1.165, 1.54) is 0 Å². The number of aryl methyl sites for hydroxylation is 1. The van der Waals surface area contributed by atoms with E-state index in [-0.39, 0.29) is 5.91 Å². The maximum atomic E-state index is 12.3. The molecule has 3 aromatic heterocycles. The van der Waals surface area contributed by atoms with Crippen LogP contribution >= 0.6 is 0 Å². The van der Waals surface area contributed by atoms with E-state index in [4.69, 9.17) is 0 Å². The minimum absolute atomic E-state index is 0.0970. The van der Waals surface area contributed by atoms with Crippen molar-refractivity contribution in [2.75, 3.05) is 6.54 Å². The predicted molar refractivity (Wildman–Crippen MR) is 80.2 cm³/mol. The predicted octanol–water partition coefficient (Wildman–Crippen LogP) is 2.01. The Bertz CT molecular complexity index is 764. The van der Waals surface area contributed by atoms with Crippen molar-refractivity contribution in [3.63, 3.8) is 0 Å². The van der Waals surface area contributed by atoms with Crippen LogP contribution in [0.2, 0.25) is 0 Å². The van der Waals surface area contributed by atoms with Gasteiger partial charge in [-0.1, -0.05) is 6.07 Å². The third-order valence-electron chi connectivity index (χ3n) is 3.37. The first kappa shape index (κ1) is 13.3. The first-order valence-electron chi connectivity index (χ1n) is 6.86. The molecule has 0 unspecified atom stereocenters. The topological polar surface area (TPSA) is 59.3 Å². The summed E-state index contributed by atoms with van der Waals surface area (Å²) in [6, 6.07) is 9.59. The van der Waals surface area contributed by atoms with Crippen molar-refractivity contribution in [3.8, 4) is 0 Å². The number of carbonyl (C=O) groups excluding carboxylic acids is 1. The molecule has 0 saturated carbocycles. The van der Waals surface area contributed by atoms with Gasteiger partial charge in [0.2, 0.25) is 0 Å². The van der Waals surface area contributed by atoms with Crippen LogP contribution in [0.5, 0.6) is 0 Å². The third kappa shape index (κ3) is 2.76. The number of amides is 1. The molecule has 0 radical (unpaired) electrons. The van der Waals surface area contributed by atoms with Crippen LogP contribution in [0.25, 0.3) is 5.65 Å². The monoisotopic (exact) mass is 280 g/mol. The molecule has 0 aliphatic rings. The molecule has 0 saturated heterocycles. The Morgan fingerprint density at radius 1 is 1.24 bits per heavy atom. The fourth-order valence-corrected chi connectivity index (χ4v) is 2.34. The summed E-state index contributed by atoms with van der Waals surface area (Å²) in [6.07, 6.45) is 6.15. The summed E-state index contributed by atoms with van der Waals surface area (Å²) in [4.78, 5) is 20.7. The fraction of sp³-hybridized carbons (Fsp3) is 0.188. The molecule has 0 bridgehead atoms. The number of aromatic nitrogens is 3. The minimum atomic E-state index is -0.0970. The SMILES string of the molecule is Cc1nc2ccccn2c1C(=O)NCCc1ccncc1. The van der Waals surface area contributed by atoms with Crippen LogP contribution in [0.15, 0.2) is 48.9 Å². The first-order chi connectivity index (χ1) is 10.3. The Labute approximate surface area is 122 Å². The largest absolute Gasteiger partial charge is 0.350 e. The van der Waals surface area contributed by atoms with Gasteiger partial charge in [-0.2, -0.15) is 0 Å². The molecule has 21 heavy (non-hydrogen) atoms. The second kappa shape index (κ2) is 5.75. The van der Waals surface area contributed by atoms with Gasteiger partial charge in [0, 0.05) is 25.1 Å². The minimum Gasteiger partial charge on any atom is -0.350 e. The number of hydrogen-bond donors (Lipinski definition) is 1. The quantitative estimate of drug-likeness (QED) is 0.795. The van der Waals surface area contributed by atoms with Crippen molar-refractivity contribution in [3.05, 3.63) is 65.9 Å². The van der Waals surface area contributed by atoms with Gasteiger partial charge in [0.1, 0.15) is 11.3 Å². The van der Waals surface area contributed by atoms with Gasteiger partial charge >= 0.3 is 0 Å². The van der Waals surface area contributed by atoms with Crippen molar-refractivity contribution in [1.82, 2.24) is 19.7 Å². The molecule has 5 nitrogen and oxygen atoms in total. The molecule has 3 heterocycles. The van der Waals surface area contributed by atoms with Crippen LogP contribution in [0, 0.1) is 6.92 Å². The van der Waals surface area contributed by atoms with Gasteiger partial charge in [-0.3, -0.25) is 14.2 Å². The van der Waals surface area contributed by atoms with Crippen LogP contribution in [-0.2, 0) is 6.42 Å². The van der Waals surface area contributed by atoms with E-state index in [1.807, 2.05) is 47.9 Å². The zero-order valence-corrected chi connectivity index (χ0v) is 11.8. The fourth-order valence-electron chi connectivity index (χ4n) is 2.34. The lowest BCUT2D eigenvalue weighted by Crippen LogP contribution is -2.27. The highest BCUT2D eigenvalue weighted by Gasteiger charge is 2.15. The highest BCUT2D eigenvalue weighted by molar-refractivity contribution is 5.94. The van der Waals surface area contributed by atoms with Gasteiger partial charge in [0.15, 0.2) is 0 Å². The summed E-state index contributed by atoms with van der Waals surface area (Å²) in [5.41, 5.74) is 3.28. The number of fused-ring (bicyclic) bond motifs is 1. The summed E-state index contributed by atoms with van der Waals surface area (Å²) in [5, 5.41) is 2.95. The average Bonchev–Trinajstić information content (AvgIpc) is 2.84. The van der Waals surface area contributed by atoms with E-state index < -0.39 is 0 Å². The second-order valence-electron chi connectivity index (χ2n) is 4.84. The number of carbonyl (C=O) groups is 1. The smallest absolute Gasteiger partial charge is 0.270 e. The summed E-state index contributed by atoms with van der Waals surface area (Å²) in [5.74, 6) is -0.0970. The van der Waals surface area contributed by atoms with E-state index in [1.54, 1.807) is 12.4 Å².